The molecule has 0 spiro atoms. The number of rotatable bonds is 5. The second-order valence-corrected chi connectivity index (χ2v) is 9.22. The minimum absolute atomic E-state index is 0.175. The van der Waals surface area contributed by atoms with Crippen molar-refractivity contribution in [2.24, 2.45) is 0 Å². The van der Waals surface area contributed by atoms with Gasteiger partial charge in [0, 0.05) is 29.2 Å². The van der Waals surface area contributed by atoms with Crippen LogP contribution in [-0.2, 0) is 24.2 Å². The summed E-state index contributed by atoms with van der Waals surface area (Å²) >= 11 is 3.12. The predicted molar refractivity (Wildman–Crippen MR) is 110 cm³/mol. The van der Waals surface area contributed by atoms with Crippen LogP contribution in [0.15, 0.2) is 27.3 Å². The molecule has 1 fully saturated rings. The number of aromatic nitrogens is 2. The Morgan fingerprint density at radius 2 is 1.96 bits per heavy atom. The number of fused-ring (bicyclic) bond motifs is 1. The first-order chi connectivity index (χ1) is 13.2. The Labute approximate surface area is 167 Å². The largest absolute Gasteiger partial charge is 0.349 e. The maximum atomic E-state index is 12.7. The summed E-state index contributed by atoms with van der Waals surface area (Å²) in [4.78, 5) is 32.8. The van der Waals surface area contributed by atoms with Crippen molar-refractivity contribution >= 4 is 29.0 Å². The topological polar surface area (TPSA) is 55.2 Å². The first-order valence-corrected chi connectivity index (χ1v) is 11.6. The van der Waals surface area contributed by atoms with Crippen LogP contribution in [0.5, 0.6) is 0 Å². The summed E-state index contributed by atoms with van der Waals surface area (Å²) in [6.07, 6.45) is 7.52. The van der Waals surface area contributed by atoms with Gasteiger partial charge in [-0.05, 0) is 56.4 Å². The molecule has 0 atom stereocenters. The van der Waals surface area contributed by atoms with E-state index >= 15 is 0 Å². The number of amides is 1. The van der Waals surface area contributed by atoms with Gasteiger partial charge in [-0.3, -0.25) is 9.36 Å². The quantitative estimate of drug-likeness (QED) is 0.568. The molecule has 2 aromatic rings. The third-order valence-electron chi connectivity index (χ3n) is 5.39. The van der Waals surface area contributed by atoms with Crippen LogP contribution in [0, 0.1) is 0 Å². The van der Waals surface area contributed by atoms with Gasteiger partial charge in [0.2, 0.25) is 5.91 Å². The molecule has 1 amide bonds. The molecule has 1 aliphatic heterocycles. The number of piperidine rings is 1. The molecule has 0 N–H and O–H groups in total. The lowest BCUT2D eigenvalue weighted by atomic mass is 9.97. The Kier molecular flexibility index (Phi) is 5.98. The monoisotopic (exact) mass is 403 g/mol. The van der Waals surface area contributed by atoms with Crippen LogP contribution in [-0.4, -0.2) is 39.2 Å². The van der Waals surface area contributed by atoms with Crippen molar-refractivity contribution < 1.29 is 4.79 Å². The third kappa shape index (κ3) is 4.29. The van der Waals surface area contributed by atoms with Crippen LogP contribution in [0.2, 0.25) is 0 Å². The molecule has 1 saturated heterocycles. The zero-order chi connectivity index (χ0) is 18.6. The van der Waals surface area contributed by atoms with Crippen molar-refractivity contribution in [1.82, 2.24) is 14.5 Å². The van der Waals surface area contributed by atoms with E-state index in [1.807, 2.05) is 20.9 Å². The van der Waals surface area contributed by atoms with Gasteiger partial charge in [-0.25, -0.2) is 4.79 Å². The lowest BCUT2D eigenvalue weighted by Gasteiger charge is -2.27. The van der Waals surface area contributed by atoms with E-state index < -0.39 is 0 Å². The van der Waals surface area contributed by atoms with E-state index in [2.05, 4.69) is 11.1 Å². The Hall–Kier alpha value is -1.60. The van der Waals surface area contributed by atoms with E-state index in [-0.39, 0.29) is 11.6 Å². The highest BCUT2D eigenvalue weighted by atomic mass is 32.2. The number of carbonyl (C=O) groups is 1. The molecule has 144 valence electrons. The molecule has 1 aliphatic carbocycles. The van der Waals surface area contributed by atoms with Gasteiger partial charge in [0.15, 0.2) is 0 Å². The van der Waals surface area contributed by atoms with Gasteiger partial charge in [-0.2, -0.15) is 4.98 Å². The van der Waals surface area contributed by atoms with E-state index in [0.29, 0.717) is 12.3 Å². The SMILES string of the molecule is O=C(CSc1nc(=O)n(Cc2cccs2)c2c1CCCC2)N1CCCCC1. The van der Waals surface area contributed by atoms with E-state index in [9.17, 15) is 9.59 Å². The summed E-state index contributed by atoms with van der Waals surface area (Å²) in [5.74, 6) is 0.558. The fourth-order valence-electron chi connectivity index (χ4n) is 3.95. The molecule has 4 rings (SSSR count). The second kappa shape index (κ2) is 8.61. The molecule has 0 aromatic carbocycles. The third-order valence-corrected chi connectivity index (χ3v) is 7.25. The fourth-order valence-corrected chi connectivity index (χ4v) is 5.63. The van der Waals surface area contributed by atoms with Gasteiger partial charge in [0.05, 0.1) is 12.3 Å². The summed E-state index contributed by atoms with van der Waals surface area (Å²) in [7, 11) is 0. The van der Waals surface area contributed by atoms with Gasteiger partial charge in [-0.1, -0.05) is 17.8 Å². The number of thioether (sulfide) groups is 1. The maximum Gasteiger partial charge on any atom is 0.349 e. The van der Waals surface area contributed by atoms with Crippen molar-refractivity contribution in [1.29, 1.82) is 0 Å². The van der Waals surface area contributed by atoms with E-state index in [0.717, 1.165) is 62.3 Å². The first-order valence-electron chi connectivity index (χ1n) is 9.78. The number of nitrogens with zero attached hydrogens (tertiary/aromatic N) is 3. The fraction of sp³-hybridized carbons (Fsp3) is 0.550. The van der Waals surface area contributed by atoms with E-state index in [1.54, 1.807) is 11.3 Å². The molecular formula is C20H25N3O2S2. The van der Waals surface area contributed by atoms with Gasteiger partial charge >= 0.3 is 5.69 Å². The Bertz CT molecular complexity index is 855. The molecule has 0 saturated carbocycles. The summed E-state index contributed by atoms with van der Waals surface area (Å²) in [5.41, 5.74) is 2.13. The summed E-state index contributed by atoms with van der Waals surface area (Å²) in [6.45, 7) is 2.34. The van der Waals surface area contributed by atoms with Gasteiger partial charge in [0.25, 0.3) is 0 Å². The lowest BCUT2D eigenvalue weighted by Crippen LogP contribution is -2.37. The van der Waals surface area contributed by atoms with Crippen LogP contribution in [0.4, 0.5) is 0 Å². The minimum atomic E-state index is -0.183. The highest BCUT2D eigenvalue weighted by Crippen LogP contribution is 2.29. The number of thiophene rings is 1. The molecule has 3 heterocycles. The molecule has 5 nitrogen and oxygen atoms in total. The molecular weight excluding hydrogens is 378 g/mol. The normalized spacial score (nSPS) is 17.0. The minimum Gasteiger partial charge on any atom is -0.342 e. The zero-order valence-corrected chi connectivity index (χ0v) is 17.1. The standard InChI is InChI=1S/C20H25N3O2S2/c24-18(22-10-4-1-5-11-22)14-27-19-16-8-2-3-9-17(16)23(20(25)21-19)13-15-7-6-12-26-15/h6-7,12H,1-5,8-11,13-14H2. The molecule has 0 radical (unpaired) electrons. The van der Waals surface area contributed by atoms with Crippen molar-refractivity contribution in [3.63, 3.8) is 0 Å². The van der Waals surface area contributed by atoms with E-state index in [4.69, 9.17) is 0 Å². The molecule has 0 unspecified atom stereocenters. The number of likely N-dealkylation sites (tertiary alicyclic amines) is 1. The van der Waals surface area contributed by atoms with Crippen LogP contribution < -0.4 is 5.69 Å². The number of hydrogen-bond donors (Lipinski definition) is 0. The summed E-state index contributed by atoms with van der Waals surface area (Å²) in [6, 6.07) is 4.08. The molecule has 0 bridgehead atoms. The van der Waals surface area contributed by atoms with Crippen molar-refractivity contribution in [3.8, 4) is 0 Å². The average molecular weight is 404 g/mol. The van der Waals surface area contributed by atoms with Crippen LogP contribution in [0.25, 0.3) is 0 Å². The van der Waals surface area contributed by atoms with Crippen LogP contribution in [0.3, 0.4) is 0 Å². The molecule has 2 aliphatic rings. The van der Waals surface area contributed by atoms with Crippen LogP contribution in [0.1, 0.15) is 48.2 Å². The highest BCUT2D eigenvalue weighted by molar-refractivity contribution is 7.99. The highest BCUT2D eigenvalue weighted by Gasteiger charge is 2.23. The number of carbonyl (C=O) groups excluding carboxylic acids is 1. The Morgan fingerprint density at radius 3 is 2.74 bits per heavy atom. The van der Waals surface area contributed by atoms with Gasteiger partial charge in [0.1, 0.15) is 5.03 Å². The van der Waals surface area contributed by atoms with Crippen molar-refractivity contribution in [2.45, 2.75) is 56.5 Å². The van der Waals surface area contributed by atoms with Crippen LogP contribution >= 0.6 is 23.1 Å². The Morgan fingerprint density at radius 1 is 1.15 bits per heavy atom. The Balaban J connectivity index is 1.55. The zero-order valence-electron chi connectivity index (χ0n) is 15.5. The van der Waals surface area contributed by atoms with Crippen molar-refractivity contribution in [2.75, 3.05) is 18.8 Å². The van der Waals surface area contributed by atoms with Gasteiger partial charge < -0.3 is 4.90 Å². The summed E-state index contributed by atoms with van der Waals surface area (Å²) in [5, 5.41) is 2.82. The second-order valence-electron chi connectivity index (χ2n) is 7.23. The summed E-state index contributed by atoms with van der Waals surface area (Å²) < 4.78 is 1.84. The first kappa shape index (κ1) is 18.7. The average Bonchev–Trinajstić information content (AvgIpc) is 3.22. The smallest absolute Gasteiger partial charge is 0.342 e. The molecule has 27 heavy (non-hydrogen) atoms. The van der Waals surface area contributed by atoms with E-state index in [1.165, 1.54) is 28.6 Å². The molecule has 2 aromatic heterocycles. The predicted octanol–water partition coefficient (Wildman–Crippen LogP) is 3.34. The van der Waals surface area contributed by atoms with Gasteiger partial charge in [-0.15, -0.1) is 11.3 Å². The molecule has 7 heteroatoms. The maximum absolute atomic E-state index is 12.7. The van der Waals surface area contributed by atoms with Crippen molar-refractivity contribution in [3.05, 3.63) is 44.1 Å². The lowest BCUT2D eigenvalue weighted by molar-refractivity contribution is -0.129. The number of hydrogen-bond acceptors (Lipinski definition) is 5.